The number of amides is 2. The van der Waals surface area contributed by atoms with Gasteiger partial charge in [0.25, 0.3) is 0 Å². The number of carbonyl (C=O) groups is 2. The molecule has 1 aliphatic heterocycles. The monoisotopic (exact) mass is 412 g/mol. The molecule has 0 aliphatic carbocycles. The maximum Gasteiger partial charge on any atom is 0.338 e. The first-order valence-electron chi connectivity index (χ1n) is 9.35. The van der Waals surface area contributed by atoms with E-state index in [4.69, 9.17) is 9.47 Å². The molecule has 1 unspecified atom stereocenters. The zero-order valence-electron chi connectivity index (χ0n) is 16.4. The van der Waals surface area contributed by atoms with E-state index >= 15 is 0 Å². The molecule has 152 valence electrons. The fourth-order valence-corrected chi connectivity index (χ4v) is 4.04. The van der Waals surface area contributed by atoms with Crippen LogP contribution in [0.3, 0.4) is 0 Å². The lowest BCUT2D eigenvalue weighted by Gasteiger charge is -2.29. The van der Waals surface area contributed by atoms with E-state index < -0.39 is 12.0 Å². The zero-order valence-corrected chi connectivity index (χ0v) is 17.3. The minimum absolute atomic E-state index is 0.260. The highest BCUT2D eigenvalue weighted by Gasteiger charge is 2.33. The molecule has 0 spiro atoms. The van der Waals surface area contributed by atoms with E-state index in [0.717, 1.165) is 11.3 Å². The summed E-state index contributed by atoms with van der Waals surface area (Å²) in [6.45, 7) is 2.02. The minimum Gasteiger partial charge on any atom is -0.497 e. The Balaban J connectivity index is 1.87. The normalized spacial score (nSPS) is 16.1. The fourth-order valence-electron chi connectivity index (χ4n) is 3.07. The van der Waals surface area contributed by atoms with Gasteiger partial charge in [-0.2, -0.15) is 11.8 Å². The van der Waals surface area contributed by atoms with Crippen molar-refractivity contribution in [3.05, 3.63) is 77.0 Å². The van der Waals surface area contributed by atoms with Crippen LogP contribution in [0.1, 0.15) is 24.1 Å². The Labute approximate surface area is 174 Å². The number of hydrogen-bond acceptors (Lipinski definition) is 5. The lowest BCUT2D eigenvalue weighted by molar-refractivity contribution is -0.139. The highest BCUT2D eigenvalue weighted by atomic mass is 32.2. The average molecular weight is 413 g/mol. The predicted molar refractivity (Wildman–Crippen MR) is 114 cm³/mol. The van der Waals surface area contributed by atoms with Gasteiger partial charge in [-0.05, 0) is 30.2 Å². The van der Waals surface area contributed by atoms with Crippen LogP contribution in [0, 0.1) is 0 Å². The summed E-state index contributed by atoms with van der Waals surface area (Å²) in [5.41, 5.74) is 2.98. The number of urea groups is 1. The molecule has 2 N–H and O–H groups in total. The average Bonchev–Trinajstić information content (AvgIpc) is 2.74. The van der Waals surface area contributed by atoms with Gasteiger partial charge in [0.2, 0.25) is 0 Å². The first-order chi connectivity index (χ1) is 14.1. The molecule has 0 radical (unpaired) electrons. The molecular formula is C22H24N2O4S. The maximum atomic E-state index is 12.7. The molecule has 3 rings (SSSR count). The second-order valence-corrected chi connectivity index (χ2v) is 7.38. The summed E-state index contributed by atoms with van der Waals surface area (Å²) >= 11 is 1.63. The van der Waals surface area contributed by atoms with E-state index in [1.165, 1.54) is 5.56 Å². The number of methoxy groups -OCH3 is 1. The Morgan fingerprint density at radius 3 is 2.45 bits per heavy atom. The molecule has 6 nitrogen and oxygen atoms in total. The second-order valence-electron chi connectivity index (χ2n) is 6.40. The molecule has 0 bridgehead atoms. The highest BCUT2D eigenvalue weighted by Crippen LogP contribution is 2.30. The summed E-state index contributed by atoms with van der Waals surface area (Å²) in [5.74, 6) is 1.53. The third-order valence-electron chi connectivity index (χ3n) is 4.46. The van der Waals surface area contributed by atoms with Crippen molar-refractivity contribution in [1.82, 2.24) is 10.6 Å². The summed E-state index contributed by atoms with van der Waals surface area (Å²) in [4.78, 5) is 25.0. The molecule has 0 fully saturated rings. The van der Waals surface area contributed by atoms with Gasteiger partial charge < -0.3 is 20.1 Å². The molecule has 0 saturated carbocycles. The Hall–Kier alpha value is -2.93. The topological polar surface area (TPSA) is 76.7 Å². The van der Waals surface area contributed by atoms with Crippen molar-refractivity contribution in [2.24, 2.45) is 0 Å². The number of thioether (sulfide) groups is 1. The first kappa shape index (κ1) is 20.8. The molecule has 1 aliphatic rings. The van der Waals surface area contributed by atoms with Crippen LogP contribution in [0.4, 0.5) is 4.79 Å². The van der Waals surface area contributed by atoms with Gasteiger partial charge in [0.05, 0.1) is 25.3 Å². The third-order valence-corrected chi connectivity index (χ3v) is 5.49. The van der Waals surface area contributed by atoms with Crippen molar-refractivity contribution >= 4 is 23.8 Å². The Morgan fingerprint density at radius 2 is 1.79 bits per heavy atom. The van der Waals surface area contributed by atoms with Crippen molar-refractivity contribution in [2.75, 3.05) is 19.5 Å². The summed E-state index contributed by atoms with van der Waals surface area (Å²) in [6, 6.07) is 16.4. The predicted octanol–water partition coefficient (Wildman–Crippen LogP) is 3.80. The SMILES string of the molecule is CCOC(=O)C1=C(CSCc2ccccc2)NC(=O)NC1c1ccc(OC)cc1. The van der Waals surface area contributed by atoms with Crippen LogP contribution in [0.25, 0.3) is 0 Å². The van der Waals surface area contributed by atoms with Crippen molar-refractivity contribution in [1.29, 1.82) is 0 Å². The lowest BCUT2D eigenvalue weighted by atomic mass is 9.95. The van der Waals surface area contributed by atoms with Crippen LogP contribution in [0.15, 0.2) is 65.9 Å². The number of hydrogen-bond donors (Lipinski definition) is 2. The quantitative estimate of drug-likeness (QED) is 0.645. The van der Waals surface area contributed by atoms with Gasteiger partial charge in [-0.1, -0.05) is 42.5 Å². The van der Waals surface area contributed by atoms with E-state index in [0.29, 0.717) is 22.8 Å². The van der Waals surface area contributed by atoms with Crippen LogP contribution in [0.2, 0.25) is 0 Å². The van der Waals surface area contributed by atoms with Crippen LogP contribution in [0.5, 0.6) is 5.75 Å². The molecular weight excluding hydrogens is 388 g/mol. The molecule has 29 heavy (non-hydrogen) atoms. The van der Waals surface area contributed by atoms with Crippen molar-refractivity contribution in [3.63, 3.8) is 0 Å². The molecule has 2 aromatic rings. The smallest absolute Gasteiger partial charge is 0.338 e. The van der Waals surface area contributed by atoms with Gasteiger partial charge in [0, 0.05) is 17.2 Å². The van der Waals surface area contributed by atoms with Crippen LogP contribution in [-0.4, -0.2) is 31.5 Å². The van der Waals surface area contributed by atoms with Gasteiger partial charge in [0.1, 0.15) is 5.75 Å². The summed E-state index contributed by atoms with van der Waals surface area (Å²) < 4.78 is 10.5. The summed E-state index contributed by atoms with van der Waals surface area (Å²) in [5, 5.41) is 5.64. The van der Waals surface area contributed by atoms with Gasteiger partial charge in [0.15, 0.2) is 0 Å². The number of nitrogens with one attached hydrogen (secondary N) is 2. The maximum absolute atomic E-state index is 12.7. The van der Waals surface area contributed by atoms with Crippen molar-refractivity contribution < 1.29 is 19.1 Å². The third kappa shape index (κ3) is 5.32. The molecule has 1 atom stereocenters. The zero-order chi connectivity index (χ0) is 20.6. The lowest BCUT2D eigenvalue weighted by Crippen LogP contribution is -2.46. The van der Waals surface area contributed by atoms with Crippen LogP contribution < -0.4 is 15.4 Å². The van der Waals surface area contributed by atoms with E-state index in [1.807, 2.05) is 30.3 Å². The molecule has 7 heteroatoms. The van der Waals surface area contributed by atoms with E-state index in [2.05, 4.69) is 22.8 Å². The molecule has 2 aromatic carbocycles. The molecule has 1 heterocycles. The van der Waals surface area contributed by atoms with Gasteiger partial charge in [-0.3, -0.25) is 0 Å². The largest absolute Gasteiger partial charge is 0.497 e. The van der Waals surface area contributed by atoms with Crippen LogP contribution >= 0.6 is 11.8 Å². The Morgan fingerprint density at radius 1 is 1.07 bits per heavy atom. The van der Waals surface area contributed by atoms with Gasteiger partial charge in [-0.25, -0.2) is 9.59 Å². The van der Waals surface area contributed by atoms with Crippen LogP contribution in [-0.2, 0) is 15.3 Å². The highest BCUT2D eigenvalue weighted by molar-refractivity contribution is 7.98. The number of esters is 1. The van der Waals surface area contributed by atoms with Crippen molar-refractivity contribution in [3.8, 4) is 5.75 Å². The Bertz CT molecular complexity index is 881. The molecule has 0 saturated heterocycles. The number of carbonyl (C=O) groups excluding carboxylic acids is 2. The van der Waals surface area contributed by atoms with Gasteiger partial charge >= 0.3 is 12.0 Å². The number of benzene rings is 2. The molecule has 0 aromatic heterocycles. The van der Waals surface area contributed by atoms with Crippen molar-refractivity contribution in [2.45, 2.75) is 18.7 Å². The molecule has 2 amide bonds. The van der Waals surface area contributed by atoms with Gasteiger partial charge in [-0.15, -0.1) is 0 Å². The minimum atomic E-state index is -0.582. The number of ether oxygens (including phenoxy) is 2. The standard InChI is InChI=1S/C22H24N2O4S/c1-3-28-21(25)19-18(14-29-13-15-7-5-4-6-8-15)23-22(26)24-20(19)16-9-11-17(27-2)12-10-16/h4-12,20H,3,13-14H2,1-2H3,(H2,23,24,26). The summed E-state index contributed by atoms with van der Waals surface area (Å²) in [7, 11) is 1.59. The Kier molecular flexibility index (Phi) is 7.19. The summed E-state index contributed by atoms with van der Waals surface area (Å²) in [6.07, 6.45) is 0. The van der Waals surface area contributed by atoms with E-state index in [1.54, 1.807) is 37.9 Å². The van der Waals surface area contributed by atoms with E-state index in [9.17, 15) is 9.59 Å². The fraction of sp³-hybridized carbons (Fsp3) is 0.273. The first-order valence-corrected chi connectivity index (χ1v) is 10.5. The number of rotatable bonds is 8. The second kappa shape index (κ2) is 10.0. The van der Waals surface area contributed by atoms with E-state index in [-0.39, 0.29) is 12.6 Å².